The monoisotopic (exact) mass is 324 g/mol. The molecule has 0 unspecified atom stereocenters. The van der Waals surface area contributed by atoms with Crippen molar-refractivity contribution in [2.75, 3.05) is 39.4 Å². The molecule has 5 nitrogen and oxygen atoms in total. The molecular weight excluding hydrogens is 299 g/mol. The zero-order valence-electron chi connectivity index (χ0n) is 12.3. The number of aryl methyl sites for hydroxylation is 2. The van der Waals surface area contributed by atoms with Crippen LogP contribution < -0.4 is 5.32 Å². The second-order valence-corrected chi connectivity index (χ2v) is 4.72. The summed E-state index contributed by atoms with van der Waals surface area (Å²) in [4.78, 5) is 2.44. The van der Waals surface area contributed by atoms with Crippen LogP contribution in [0.2, 0.25) is 0 Å². The highest BCUT2D eigenvalue weighted by atomic mass is 35.5. The van der Waals surface area contributed by atoms with Crippen molar-refractivity contribution < 1.29 is 4.74 Å². The van der Waals surface area contributed by atoms with Gasteiger partial charge in [0.25, 0.3) is 0 Å². The van der Waals surface area contributed by atoms with Gasteiger partial charge in [0, 0.05) is 39.3 Å². The van der Waals surface area contributed by atoms with Gasteiger partial charge in [0.1, 0.15) is 0 Å². The summed E-state index contributed by atoms with van der Waals surface area (Å²) in [6.07, 6.45) is 1.95. The molecule has 0 atom stereocenters. The second kappa shape index (κ2) is 10.4. The van der Waals surface area contributed by atoms with E-state index < -0.39 is 0 Å². The molecule has 0 radical (unpaired) electrons. The molecular formula is C13H26Cl2N4O. The molecule has 1 aromatic rings. The molecule has 1 N–H and O–H groups in total. The number of rotatable bonds is 6. The maximum absolute atomic E-state index is 5.34. The van der Waals surface area contributed by atoms with Gasteiger partial charge in [-0.1, -0.05) is 0 Å². The summed E-state index contributed by atoms with van der Waals surface area (Å²) < 4.78 is 7.40. The summed E-state index contributed by atoms with van der Waals surface area (Å²) in [6, 6.07) is 0. The average molecular weight is 325 g/mol. The first-order valence-electron chi connectivity index (χ1n) is 6.83. The fraction of sp³-hybridized carbons (Fsp3) is 0.769. The first-order valence-corrected chi connectivity index (χ1v) is 6.83. The lowest BCUT2D eigenvalue weighted by Crippen LogP contribution is -2.40. The molecule has 7 heteroatoms. The molecule has 0 spiro atoms. The Morgan fingerprint density at radius 1 is 1.30 bits per heavy atom. The predicted octanol–water partition coefficient (Wildman–Crippen LogP) is 1.48. The average Bonchev–Trinajstić information content (AvgIpc) is 2.77. The van der Waals surface area contributed by atoms with Crippen LogP contribution in [0.3, 0.4) is 0 Å². The highest BCUT2D eigenvalue weighted by Crippen LogP contribution is 2.06. The molecule has 1 fully saturated rings. The van der Waals surface area contributed by atoms with E-state index in [-0.39, 0.29) is 24.8 Å². The zero-order valence-corrected chi connectivity index (χ0v) is 13.9. The number of nitrogens with one attached hydrogen (secondary N) is 1. The first-order chi connectivity index (χ1) is 8.81. The molecule has 0 aliphatic carbocycles. The number of hydrogen-bond donors (Lipinski definition) is 1. The van der Waals surface area contributed by atoms with Crippen LogP contribution in [-0.2, 0) is 17.8 Å². The quantitative estimate of drug-likeness (QED) is 0.805. The van der Waals surface area contributed by atoms with Crippen molar-refractivity contribution in [2.24, 2.45) is 0 Å². The van der Waals surface area contributed by atoms with E-state index in [2.05, 4.69) is 33.8 Å². The van der Waals surface area contributed by atoms with Crippen molar-refractivity contribution >= 4 is 24.8 Å². The third-order valence-electron chi connectivity index (χ3n) is 3.46. The van der Waals surface area contributed by atoms with Gasteiger partial charge in [-0.25, -0.2) is 0 Å². The standard InChI is InChI=1S/C13H24N4O.2ClH/c1-3-17-13(12(2)10-15-17)11-14-4-5-16-6-8-18-9-7-16;;/h10,14H,3-9,11H2,1-2H3;2*1H. The van der Waals surface area contributed by atoms with E-state index in [0.29, 0.717) is 0 Å². The molecule has 118 valence electrons. The van der Waals surface area contributed by atoms with Crippen LogP contribution in [-0.4, -0.2) is 54.1 Å². The van der Waals surface area contributed by atoms with Crippen molar-refractivity contribution in [1.29, 1.82) is 0 Å². The molecule has 1 aliphatic rings. The Bertz CT molecular complexity index is 367. The normalized spacial score (nSPS) is 15.5. The third kappa shape index (κ3) is 5.58. The highest BCUT2D eigenvalue weighted by molar-refractivity contribution is 5.85. The summed E-state index contributed by atoms with van der Waals surface area (Å²) in [5.74, 6) is 0. The summed E-state index contributed by atoms with van der Waals surface area (Å²) >= 11 is 0. The van der Waals surface area contributed by atoms with Crippen LogP contribution in [0.4, 0.5) is 0 Å². The smallest absolute Gasteiger partial charge is 0.0594 e. The van der Waals surface area contributed by atoms with Crippen LogP contribution in [0.15, 0.2) is 6.20 Å². The molecule has 0 bridgehead atoms. The van der Waals surface area contributed by atoms with Gasteiger partial charge in [0.15, 0.2) is 0 Å². The van der Waals surface area contributed by atoms with Gasteiger partial charge in [-0.2, -0.15) is 5.10 Å². The Labute approximate surface area is 133 Å². The number of ether oxygens (including phenoxy) is 1. The maximum atomic E-state index is 5.34. The van der Waals surface area contributed by atoms with Gasteiger partial charge in [-0.05, 0) is 19.4 Å². The van der Waals surface area contributed by atoms with Crippen molar-refractivity contribution in [3.05, 3.63) is 17.5 Å². The van der Waals surface area contributed by atoms with Crippen LogP contribution in [0.5, 0.6) is 0 Å². The van der Waals surface area contributed by atoms with Crippen LogP contribution >= 0.6 is 24.8 Å². The van der Waals surface area contributed by atoms with Crippen molar-refractivity contribution in [3.8, 4) is 0 Å². The van der Waals surface area contributed by atoms with Gasteiger partial charge < -0.3 is 10.1 Å². The summed E-state index contributed by atoms with van der Waals surface area (Å²) in [5.41, 5.74) is 2.58. The minimum absolute atomic E-state index is 0. The van der Waals surface area contributed by atoms with Gasteiger partial charge in [0.2, 0.25) is 0 Å². The Hall–Kier alpha value is -0.330. The number of hydrogen-bond acceptors (Lipinski definition) is 4. The predicted molar refractivity (Wildman–Crippen MR) is 86.1 cm³/mol. The van der Waals surface area contributed by atoms with E-state index in [9.17, 15) is 0 Å². The second-order valence-electron chi connectivity index (χ2n) is 4.72. The Morgan fingerprint density at radius 3 is 2.65 bits per heavy atom. The minimum Gasteiger partial charge on any atom is -0.379 e. The lowest BCUT2D eigenvalue weighted by atomic mass is 10.2. The van der Waals surface area contributed by atoms with E-state index in [1.165, 1.54) is 11.3 Å². The molecule has 0 saturated carbocycles. The summed E-state index contributed by atoms with van der Waals surface area (Å²) in [6.45, 7) is 12.1. The third-order valence-corrected chi connectivity index (χ3v) is 3.46. The van der Waals surface area contributed by atoms with Crippen LogP contribution in [0.1, 0.15) is 18.2 Å². The van der Waals surface area contributed by atoms with Crippen molar-refractivity contribution in [1.82, 2.24) is 20.0 Å². The van der Waals surface area contributed by atoms with E-state index in [0.717, 1.165) is 52.5 Å². The molecule has 1 saturated heterocycles. The Morgan fingerprint density at radius 2 is 2.00 bits per heavy atom. The molecule has 1 aliphatic heterocycles. The topological polar surface area (TPSA) is 42.3 Å². The lowest BCUT2D eigenvalue weighted by molar-refractivity contribution is 0.0384. The highest BCUT2D eigenvalue weighted by Gasteiger charge is 2.10. The lowest BCUT2D eigenvalue weighted by Gasteiger charge is -2.26. The van der Waals surface area contributed by atoms with E-state index >= 15 is 0 Å². The number of morpholine rings is 1. The SMILES string of the molecule is CCn1ncc(C)c1CNCCN1CCOCC1.Cl.Cl. The summed E-state index contributed by atoms with van der Waals surface area (Å²) in [5, 5.41) is 7.86. The zero-order chi connectivity index (χ0) is 12.8. The van der Waals surface area contributed by atoms with Gasteiger partial charge in [-0.15, -0.1) is 24.8 Å². The fourth-order valence-corrected chi connectivity index (χ4v) is 2.28. The van der Waals surface area contributed by atoms with E-state index in [4.69, 9.17) is 4.74 Å². The first kappa shape index (κ1) is 19.7. The minimum atomic E-state index is 0. The van der Waals surface area contributed by atoms with Crippen LogP contribution in [0.25, 0.3) is 0 Å². The molecule has 1 aromatic heterocycles. The van der Waals surface area contributed by atoms with Crippen LogP contribution in [0, 0.1) is 6.92 Å². The molecule has 0 aromatic carbocycles. The van der Waals surface area contributed by atoms with Gasteiger partial charge in [-0.3, -0.25) is 9.58 Å². The van der Waals surface area contributed by atoms with Gasteiger partial charge >= 0.3 is 0 Å². The molecule has 2 rings (SSSR count). The van der Waals surface area contributed by atoms with E-state index in [1.807, 2.05) is 6.20 Å². The molecule has 0 amide bonds. The fourth-order valence-electron chi connectivity index (χ4n) is 2.28. The number of halogens is 2. The van der Waals surface area contributed by atoms with Crippen molar-refractivity contribution in [3.63, 3.8) is 0 Å². The van der Waals surface area contributed by atoms with Gasteiger partial charge in [0.05, 0.1) is 25.1 Å². The maximum Gasteiger partial charge on any atom is 0.0594 e. The Balaban J connectivity index is 0.00000180. The van der Waals surface area contributed by atoms with Crippen molar-refractivity contribution in [2.45, 2.75) is 26.9 Å². The van der Waals surface area contributed by atoms with E-state index in [1.54, 1.807) is 0 Å². The largest absolute Gasteiger partial charge is 0.379 e. The molecule has 2 heterocycles. The summed E-state index contributed by atoms with van der Waals surface area (Å²) in [7, 11) is 0. The number of aromatic nitrogens is 2. The Kier molecular flexibility index (Phi) is 10.2. The number of nitrogens with zero attached hydrogens (tertiary/aromatic N) is 3. The molecule has 20 heavy (non-hydrogen) atoms.